The normalized spacial score (nSPS) is 11.2. The Kier molecular flexibility index (Phi) is 3.01. The summed E-state index contributed by atoms with van der Waals surface area (Å²) in [5, 5.41) is 10.6. The maximum Gasteiger partial charge on any atom is 0.269 e. The average molecular weight is 265 g/mol. The van der Waals surface area contributed by atoms with Gasteiger partial charge in [0, 0.05) is 12.1 Å². The van der Waals surface area contributed by atoms with E-state index in [1.165, 1.54) is 12.1 Å². The number of aromatic nitrogens is 2. The van der Waals surface area contributed by atoms with Gasteiger partial charge in [0.25, 0.3) is 5.69 Å². The fourth-order valence-electron chi connectivity index (χ4n) is 1.93. The number of para-hydroxylation sites is 2. The Morgan fingerprint density at radius 2 is 1.80 bits per heavy atom. The SMILES string of the molecule is O=[N+]([O-])c1ccc(/C=C/c2nc3ccccc3[nH]2)cc1. The van der Waals surface area contributed by atoms with Gasteiger partial charge in [-0.25, -0.2) is 4.98 Å². The van der Waals surface area contributed by atoms with Crippen molar-refractivity contribution in [3.05, 3.63) is 70.0 Å². The lowest BCUT2D eigenvalue weighted by Gasteiger charge is -1.93. The van der Waals surface area contributed by atoms with Crippen molar-refractivity contribution in [2.24, 2.45) is 0 Å². The van der Waals surface area contributed by atoms with Crippen LogP contribution >= 0.6 is 0 Å². The summed E-state index contributed by atoms with van der Waals surface area (Å²) in [6.07, 6.45) is 3.71. The molecule has 0 aliphatic carbocycles. The van der Waals surface area contributed by atoms with Crippen LogP contribution in [0.4, 0.5) is 5.69 Å². The average Bonchev–Trinajstić information content (AvgIpc) is 2.88. The van der Waals surface area contributed by atoms with Crippen LogP contribution < -0.4 is 0 Å². The van der Waals surface area contributed by atoms with E-state index in [-0.39, 0.29) is 5.69 Å². The van der Waals surface area contributed by atoms with Gasteiger partial charge in [0.15, 0.2) is 0 Å². The molecule has 0 radical (unpaired) electrons. The van der Waals surface area contributed by atoms with E-state index in [1.54, 1.807) is 12.1 Å². The number of non-ortho nitro benzene ring substituents is 1. The van der Waals surface area contributed by atoms with Gasteiger partial charge in [0.2, 0.25) is 0 Å². The van der Waals surface area contributed by atoms with Crippen molar-refractivity contribution in [2.75, 3.05) is 0 Å². The van der Waals surface area contributed by atoms with Gasteiger partial charge in [-0.3, -0.25) is 10.1 Å². The summed E-state index contributed by atoms with van der Waals surface area (Å²) in [5.41, 5.74) is 2.87. The molecule has 5 nitrogen and oxygen atoms in total. The molecule has 0 saturated heterocycles. The van der Waals surface area contributed by atoms with Crippen molar-refractivity contribution in [3.8, 4) is 0 Å². The monoisotopic (exact) mass is 265 g/mol. The van der Waals surface area contributed by atoms with Crippen molar-refractivity contribution in [2.45, 2.75) is 0 Å². The molecule has 2 aromatic carbocycles. The van der Waals surface area contributed by atoms with Gasteiger partial charge >= 0.3 is 0 Å². The van der Waals surface area contributed by atoms with Gasteiger partial charge in [-0.1, -0.05) is 18.2 Å². The molecular weight excluding hydrogens is 254 g/mol. The third-order valence-corrected chi connectivity index (χ3v) is 2.95. The third-order valence-electron chi connectivity index (χ3n) is 2.95. The maximum absolute atomic E-state index is 10.6. The van der Waals surface area contributed by atoms with Crippen LogP contribution in [0.1, 0.15) is 11.4 Å². The first-order chi connectivity index (χ1) is 9.72. The Bertz CT molecular complexity index is 755. The Balaban J connectivity index is 1.84. The second-order valence-electron chi connectivity index (χ2n) is 4.32. The smallest absolute Gasteiger partial charge is 0.269 e. The predicted molar refractivity (Wildman–Crippen MR) is 78.1 cm³/mol. The van der Waals surface area contributed by atoms with Gasteiger partial charge in [-0.15, -0.1) is 0 Å². The summed E-state index contributed by atoms with van der Waals surface area (Å²) in [5.74, 6) is 0.754. The molecule has 0 aliphatic rings. The number of hydrogen-bond donors (Lipinski definition) is 1. The molecule has 0 unspecified atom stereocenters. The zero-order chi connectivity index (χ0) is 13.9. The highest BCUT2D eigenvalue weighted by Gasteiger charge is 2.02. The summed E-state index contributed by atoms with van der Waals surface area (Å²) in [6, 6.07) is 14.2. The fourth-order valence-corrected chi connectivity index (χ4v) is 1.93. The Morgan fingerprint density at radius 3 is 2.50 bits per heavy atom. The van der Waals surface area contributed by atoms with Gasteiger partial charge in [0.1, 0.15) is 5.82 Å². The highest BCUT2D eigenvalue weighted by atomic mass is 16.6. The highest BCUT2D eigenvalue weighted by molar-refractivity contribution is 5.78. The van der Waals surface area contributed by atoms with Crippen molar-refractivity contribution < 1.29 is 4.92 Å². The molecule has 0 fully saturated rings. The van der Waals surface area contributed by atoms with Crippen LogP contribution in [0, 0.1) is 10.1 Å². The van der Waals surface area contributed by atoms with Crippen molar-refractivity contribution >= 4 is 28.9 Å². The van der Waals surface area contributed by atoms with Crippen molar-refractivity contribution in [1.29, 1.82) is 0 Å². The fraction of sp³-hybridized carbons (Fsp3) is 0. The first kappa shape index (κ1) is 12.1. The molecular formula is C15H11N3O2. The number of nitrogens with zero attached hydrogens (tertiary/aromatic N) is 2. The minimum atomic E-state index is -0.410. The number of nitrogens with one attached hydrogen (secondary N) is 1. The van der Waals surface area contributed by atoms with E-state index in [1.807, 2.05) is 36.4 Å². The molecule has 20 heavy (non-hydrogen) atoms. The van der Waals surface area contributed by atoms with Crippen LogP contribution in [0.2, 0.25) is 0 Å². The van der Waals surface area contributed by atoms with Crippen molar-refractivity contribution in [3.63, 3.8) is 0 Å². The molecule has 0 atom stereocenters. The Morgan fingerprint density at radius 1 is 1.05 bits per heavy atom. The van der Waals surface area contributed by atoms with Crippen molar-refractivity contribution in [1.82, 2.24) is 9.97 Å². The lowest BCUT2D eigenvalue weighted by atomic mass is 10.2. The van der Waals surface area contributed by atoms with E-state index >= 15 is 0 Å². The predicted octanol–water partition coefficient (Wildman–Crippen LogP) is 3.64. The number of hydrogen-bond acceptors (Lipinski definition) is 3. The van der Waals surface area contributed by atoms with Crippen LogP contribution in [0.15, 0.2) is 48.5 Å². The van der Waals surface area contributed by atoms with Gasteiger partial charge in [-0.05, 0) is 35.9 Å². The number of rotatable bonds is 3. The second kappa shape index (κ2) is 4.97. The van der Waals surface area contributed by atoms with Crippen LogP contribution in [-0.4, -0.2) is 14.9 Å². The van der Waals surface area contributed by atoms with Crippen LogP contribution in [0.5, 0.6) is 0 Å². The molecule has 3 aromatic rings. The molecule has 0 amide bonds. The minimum absolute atomic E-state index is 0.0888. The Labute approximate surface area is 114 Å². The molecule has 0 bridgehead atoms. The summed E-state index contributed by atoms with van der Waals surface area (Å²) < 4.78 is 0. The number of nitro benzene ring substituents is 1. The quantitative estimate of drug-likeness (QED) is 0.580. The van der Waals surface area contributed by atoms with Gasteiger partial charge in [0.05, 0.1) is 16.0 Å². The largest absolute Gasteiger partial charge is 0.338 e. The van der Waals surface area contributed by atoms with Crippen LogP contribution in [-0.2, 0) is 0 Å². The molecule has 0 aliphatic heterocycles. The standard InChI is InChI=1S/C15H11N3O2/c19-18(20)12-8-5-11(6-9-12)7-10-15-16-13-3-1-2-4-14(13)17-15/h1-10H,(H,16,17)/b10-7+. The minimum Gasteiger partial charge on any atom is -0.338 e. The summed E-state index contributed by atoms with van der Waals surface area (Å²) in [4.78, 5) is 17.8. The second-order valence-corrected chi connectivity index (χ2v) is 4.32. The number of imidazole rings is 1. The summed E-state index contributed by atoms with van der Waals surface area (Å²) in [7, 11) is 0. The molecule has 0 spiro atoms. The van der Waals surface area contributed by atoms with E-state index in [4.69, 9.17) is 0 Å². The Hall–Kier alpha value is -2.95. The maximum atomic E-state index is 10.6. The third kappa shape index (κ3) is 2.42. The van der Waals surface area contributed by atoms with E-state index < -0.39 is 4.92 Å². The van der Waals surface area contributed by atoms with Gasteiger partial charge < -0.3 is 4.98 Å². The zero-order valence-electron chi connectivity index (χ0n) is 10.5. The first-order valence-electron chi connectivity index (χ1n) is 6.10. The summed E-state index contributed by atoms with van der Waals surface area (Å²) >= 11 is 0. The van der Waals surface area contributed by atoms with Crippen LogP contribution in [0.3, 0.4) is 0 Å². The molecule has 5 heteroatoms. The number of aromatic amines is 1. The molecule has 0 saturated carbocycles. The number of benzene rings is 2. The number of fused-ring (bicyclic) bond motifs is 1. The van der Waals surface area contributed by atoms with Crippen LogP contribution in [0.25, 0.3) is 23.2 Å². The summed E-state index contributed by atoms with van der Waals surface area (Å²) in [6.45, 7) is 0. The van der Waals surface area contributed by atoms with E-state index in [0.29, 0.717) is 0 Å². The van der Waals surface area contributed by atoms with E-state index in [9.17, 15) is 10.1 Å². The molecule has 1 aromatic heterocycles. The molecule has 98 valence electrons. The van der Waals surface area contributed by atoms with E-state index in [2.05, 4.69) is 9.97 Å². The molecule has 3 rings (SSSR count). The van der Waals surface area contributed by atoms with Gasteiger partial charge in [-0.2, -0.15) is 0 Å². The molecule has 1 heterocycles. The highest BCUT2D eigenvalue weighted by Crippen LogP contribution is 2.15. The number of H-pyrrole nitrogens is 1. The zero-order valence-corrected chi connectivity index (χ0v) is 10.5. The number of nitro groups is 1. The lowest BCUT2D eigenvalue weighted by Crippen LogP contribution is -1.86. The first-order valence-corrected chi connectivity index (χ1v) is 6.10. The van der Waals surface area contributed by atoms with E-state index in [0.717, 1.165) is 22.4 Å². The lowest BCUT2D eigenvalue weighted by molar-refractivity contribution is -0.384. The topological polar surface area (TPSA) is 71.8 Å². The molecule has 1 N–H and O–H groups in total.